The van der Waals surface area contributed by atoms with Crippen LogP contribution in [0.5, 0.6) is 0 Å². The van der Waals surface area contributed by atoms with E-state index >= 15 is 0 Å². The van der Waals surface area contributed by atoms with E-state index in [0.717, 1.165) is 24.3 Å². The molecule has 0 atom stereocenters. The molecule has 0 aliphatic heterocycles. The van der Waals surface area contributed by atoms with Crippen LogP contribution in [0.1, 0.15) is 38.8 Å². The number of aromatic nitrogens is 6. The van der Waals surface area contributed by atoms with Crippen LogP contribution in [0.25, 0.3) is 12.2 Å². The summed E-state index contributed by atoms with van der Waals surface area (Å²) < 4.78 is 207. The van der Waals surface area contributed by atoms with Gasteiger partial charge in [0.15, 0.2) is 0 Å². The van der Waals surface area contributed by atoms with Gasteiger partial charge in [0.25, 0.3) is 60.7 Å². The van der Waals surface area contributed by atoms with Gasteiger partial charge in [-0.25, -0.2) is 0 Å². The lowest BCUT2D eigenvalue weighted by Crippen LogP contribution is -2.28. The van der Waals surface area contributed by atoms with Crippen molar-refractivity contribution >= 4 is 131 Å². The first kappa shape index (κ1) is 58.2. The molecule has 0 aliphatic carbocycles. The van der Waals surface area contributed by atoms with Crippen molar-refractivity contribution in [3.8, 4) is 0 Å². The van der Waals surface area contributed by atoms with Crippen LogP contribution in [0.2, 0.25) is 0 Å². The molecule has 30 nitrogen and oxygen atoms in total. The third-order valence-electron chi connectivity index (χ3n) is 10.5. The number of hydrogen-bond donors (Lipinski definition) is 10. The molecule has 4 aromatic carbocycles. The van der Waals surface area contributed by atoms with Gasteiger partial charge in [0.1, 0.15) is 19.6 Å². The molecule has 0 spiro atoms. The molecule has 0 amide bonds. The standard InChI is InChI=1S/C40H44N12O18S6/c1-21(2)51(5)39-47-35(45-37(49-39)43-29-19-27(71(53,54)55)13-15-31(29)73(59,60)61)41-25-11-9-23(33(17-25)75(65,66)67)7-8-24-10-12-26(18-34(24)76(68,69)70)42-36-46-38(50-40(48-36)52(6)22(3)4)44-30-20-28(72(56,57)58)14-16-32(30)74(62,63)64/h7-22H,1-6H3,(H,53,54,55)(H,56,57,58)(H,59,60,61)(H,62,63,64)(H,65,66,67)(H,68,69,70)(H2,41,43,45,47,49)(H2,42,44,46,48,50)/b8-7+. The van der Waals surface area contributed by atoms with E-state index in [4.69, 9.17) is 0 Å². The normalized spacial score (nSPS) is 12.8. The average Bonchev–Trinajstić information content (AvgIpc) is 3.28. The van der Waals surface area contributed by atoms with Crippen LogP contribution in [0, 0.1) is 0 Å². The second kappa shape index (κ2) is 21.5. The van der Waals surface area contributed by atoms with Gasteiger partial charge in [-0.1, -0.05) is 24.3 Å². The molecule has 0 saturated carbocycles. The van der Waals surface area contributed by atoms with Gasteiger partial charge in [-0.15, -0.1) is 0 Å². The summed E-state index contributed by atoms with van der Waals surface area (Å²) in [5.74, 6) is -1.78. The fourth-order valence-corrected chi connectivity index (χ4v) is 10.0. The van der Waals surface area contributed by atoms with Crippen LogP contribution in [0.15, 0.2) is 102 Å². The SMILES string of the molecule is CC(C)N(C)c1nc(Nc2ccc(/C=C/c3ccc(Nc4nc(Nc5cc(S(=O)(=O)O)ccc5S(=O)(=O)O)nc(N(C)C(C)C)n4)cc3S(=O)(=O)O)c(S(=O)(=O)O)c2)nc(Nc2cc(S(=O)(=O)O)ccc2S(=O)(=O)O)n1. The molecule has 10 N–H and O–H groups in total. The number of anilines is 10. The molecular weight excluding hydrogens is 1130 g/mol. The van der Waals surface area contributed by atoms with E-state index in [1.807, 2.05) is 0 Å². The molecular formula is C40H44N12O18S6. The zero-order chi connectivity index (χ0) is 56.7. The topological polar surface area (TPSA) is 458 Å². The van der Waals surface area contributed by atoms with E-state index in [9.17, 15) is 77.8 Å². The lowest BCUT2D eigenvalue weighted by atomic mass is 10.1. The Morgan fingerprint density at radius 3 is 0.974 bits per heavy atom. The van der Waals surface area contributed by atoms with Crippen LogP contribution in [0.3, 0.4) is 0 Å². The fourth-order valence-electron chi connectivity index (χ4n) is 6.34. The maximum Gasteiger partial charge on any atom is 0.296 e. The molecule has 0 unspecified atom stereocenters. The number of hydrogen-bond acceptors (Lipinski definition) is 24. The van der Waals surface area contributed by atoms with Gasteiger partial charge in [0.2, 0.25) is 35.7 Å². The van der Waals surface area contributed by atoms with Gasteiger partial charge < -0.3 is 31.1 Å². The number of nitrogens with zero attached hydrogens (tertiary/aromatic N) is 8. The quantitative estimate of drug-likeness (QED) is 0.0375. The van der Waals surface area contributed by atoms with Gasteiger partial charge >= 0.3 is 0 Å². The van der Waals surface area contributed by atoms with E-state index in [2.05, 4.69) is 51.2 Å². The van der Waals surface area contributed by atoms with E-state index in [1.165, 1.54) is 34.1 Å². The fraction of sp³-hybridized carbons (Fsp3) is 0.200. The molecule has 6 aromatic rings. The van der Waals surface area contributed by atoms with Crippen molar-refractivity contribution in [2.24, 2.45) is 0 Å². The zero-order valence-electron chi connectivity index (χ0n) is 39.8. The number of nitrogens with one attached hydrogen (secondary N) is 4. The molecule has 76 heavy (non-hydrogen) atoms. The van der Waals surface area contributed by atoms with Crippen LogP contribution < -0.4 is 31.1 Å². The Hall–Kier alpha value is -7.10. The van der Waals surface area contributed by atoms with Crippen molar-refractivity contribution in [3.63, 3.8) is 0 Å². The highest BCUT2D eigenvalue weighted by Gasteiger charge is 2.25. The van der Waals surface area contributed by atoms with Crippen LogP contribution in [-0.2, 0) is 60.7 Å². The van der Waals surface area contributed by atoms with Crippen LogP contribution in [0.4, 0.5) is 58.4 Å². The lowest BCUT2D eigenvalue weighted by molar-refractivity contribution is 0.479. The summed E-state index contributed by atoms with van der Waals surface area (Å²) in [6.45, 7) is 6.99. The third kappa shape index (κ3) is 14.4. The molecule has 0 fully saturated rings. The first-order chi connectivity index (χ1) is 34.9. The van der Waals surface area contributed by atoms with Crippen LogP contribution in [-0.4, -0.2) is 134 Å². The lowest BCUT2D eigenvalue weighted by Gasteiger charge is -2.22. The highest BCUT2D eigenvalue weighted by Crippen LogP contribution is 2.33. The molecule has 0 saturated heterocycles. The van der Waals surface area contributed by atoms with E-state index in [0.29, 0.717) is 36.4 Å². The van der Waals surface area contributed by atoms with Gasteiger partial charge in [-0.2, -0.15) is 80.4 Å². The summed E-state index contributed by atoms with van der Waals surface area (Å²) in [7, 11) is -26.9. The number of benzene rings is 4. The Morgan fingerprint density at radius 2 is 0.697 bits per heavy atom. The molecule has 0 aliphatic rings. The van der Waals surface area contributed by atoms with E-state index in [-0.39, 0.29) is 58.4 Å². The van der Waals surface area contributed by atoms with Gasteiger partial charge in [0.05, 0.1) is 21.2 Å². The van der Waals surface area contributed by atoms with E-state index < -0.39 is 113 Å². The second-order valence-corrected chi connectivity index (χ2v) is 24.9. The predicted octanol–water partition coefficient (Wildman–Crippen LogP) is 4.37. The Kier molecular flexibility index (Phi) is 16.5. The van der Waals surface area contributed by atoms with Gasteiger partial charge in [-0.3, -0.25) is 27.3 Å². The van der Waals surface area contributed by atoms with Crippen molar-refractivity contribution in [2.75, 3.05) is 45.2 Å². The van der Waals surface area contributed by atoms with Crippen molar-refractivity contribution < 1.29 is 77.8 Å². The predicted molar refractivity (Wildman–Crippen MR) is 273 cm³/mol. The first-order valence-corrected chi connectivity index (χ1v) is 29.7. The Balaban J connectivity index is 1.36. The summed E-state index contributed by atoms with van der Waals surface area (Å²) in [5.41, 5.74) is -1.88. The molecule has 0 bridgehead atoms. The Bertz CT molecular complexity index is 3760. The van der Waals surface area contributed by atoms with Crippen molar-refractivity contribution in [1.82, 2.24) is 29.9 Å². The third-order valence-corrected chi connectivity index (χ3v) is 15.9. The maximum atomic E-state index is 12.8. The summed E-state index contributed by atoms with van der Waals surface area (Å²) in [4.78, 5) is 23.7. The van der Waals surface area contributed by atoms with E-state index in [1.54, 1.807) is 41.8 Å². The molecule has 2 heterocycles. The second-order valence-electron chi connectivity index (χ2n) is 16.5. The molecule has 408 valence electrons. The summed E-state index contributed by atoms with van der Waals surface area (Å²) >= 11 is 0. The minimum atomic E-state index is -5.11. The zero-order valence-corrected chi connectivity index (χ0v) is 44.7. The molecule has 36 heteroatoms. The first-order valence-electron chi connectivity index (χ1n) is 21.0. The smallest absolute Gasteiger partial charge is 0.296 e. The van der Waals surface area contributed by atoms with Crippen molar-refractivity contribution in [1.29, 1.82) is 0 Å². The Morgan fingerprint density at radius 1 is 0.395 bits per heavy atom. The number of rotatable bonds is 20. The maximum absolute atomic E-state index is 12.8. The minimum absolute atomic E-state index is 0.0858. The van der Waals surface area contributed by atoms with Gasteiger partial charge in [-0.05, 0) is 99.5 Å². The van der Waals surface area contributed by atoms with Crippen molar-refractivity contribution in [3.05, 3.63) is 83.9 Å². The monoisotopic (exact) mass is 1170 g/mol. The Labute approximate surface area is 434 Å². The molecule has 2 aromatic heterocycles. The largest absolute Gasteiger partial charge is 0.341 e. The van der Waals surface area contributed by atoms with Crippen LogP contribution >= 0.6 is 0 Å². The average molecular weight is 1170 g/mol. The molecule has 6 rings (SSSR count). The highest BCUT2D eigenvalue weighted by atomic mass is 32.2. The summed E-state index contributed by atoms with van der Waals surface area (Å²) in [6.07, 6.45) is 2.15. The molecule has 0 radical (unpaired) electrons. The summed E-state index contributed by atoms with van der Waals surface area (Å²) in [6, 6.07) is 10.4. The minimum Gasteiger partial charge on any atom is -0.341 e. The highest BCUT2D eigenvalue weighted by molar-refractivity contribution is 7.87. The van der Waals surface area contributed by atoms with Crippen molar-refractivity contribution in [2.45, 2.75) is 69.2 Å². The summed E-state index contributed by atoms with van der Waals surface area (Å²) in [5, 5.41) is 10.4. The van der Waals surface area contributed by atoms with Gasteiger partial charge in [0, 0.05) is 37.6 Å².